The Kier molecular flexibility index (Phi) is 6.00. The number of hydrogen-bond donors (Lipinski definition) is 4. The highest BCUT2D eigenvalue weighted by atomic mass is 19.1. The molecule has 1 aliphatic carbocycles. The van der Waals surface area contributed by atoms with Gasteiger partial charge in [-0.2, -0.15) is 5.26 Å². The fourth-order valence-corrected chi connectivity index (χ4v) is 3.77. The van der Waals surface area contributed by atoms with Crippen LogP contribution in [0.3, 0.4) is 0 Å². The zero-order valence-corrected chi connectivity index (χ0v) is 17.6. The number of amides is 1. The Morgan fingerprint density at radius 3 is 2.91 bits per heavy atom. The van der Waals surface area contributed by atoms with Crippen molar-refractivity contribution in [1.82, 2.24) is 24.9 Å². The van der Waals surface area contributed by atoms with Crippen LogP contribution >= 0.6 is 0 Å². The third-order valence-corrected chi connectivity index (χ3v) is 5.24. The lowest BCUT2D eigenvalue weighted by Gasteiger charge is -2.34. The Hall–Kier alpha value is -3.97. The highest BCUT2D eigenvalue weighted by Gasteiger charge is 2.27. The van der Waals surface area contributed by atoms with Gasteiger partial charge in [-0.3, -0.25) is 10.2 Å². The van der Waals surface area contributed by atoms with Crippen molar-refractivity contribution >= 4 is 23.0 Å². The molecule has 0 spiro atoms. The average molecular weight is 434 g/mol. The van der Waals surface area contributed by atoms with Gasteiger partial charge in [-0.25, -0.2) is 9.37 Å². The number of imidazole rings is 1. The van der Waals surface area contributed by atoms with E-state index < -0.39 is 11.7 Å². The number of aryl methyl sites for hydroxylation is 1. The molecule has 2 aromatic rings. The number of hydrogen-bond acceptors (Lipinski definition) is 7. The lowest BCUT2D eigenvalue weighted by molar-refractivity contribution is -0.112. The van der Waals surface area contributed by atoms with E-state index in [1.165, 1.54) is 10.5 Å². The fraction of sp³-hybridized carbons (Fsp3) is 0.273. The van der Waals surface area contributed by atoms with E-state index in [1.54, 1.807) is 37.7 Å². The van der Waals surface area contributed by atoms with E-state index in [0.717, 1.165) is 31.9 Å². The largest absolute Gasteiger partial charge is 0.378 e. The summed E-state index contributed by atoms with van der Waals surface area (Å²) >= 11 is 0. The second kappa shape index (κ2) is 9.03. The van der Waals surface area contributed by atoms with Gasteiger partial charge in [-0.1, -0.05) is 0 Å². The average Bonchev–Trinajstić information content (AvgIpc) is 3.16. The van der Waals surface area contributed by atoms with Gasteiger partial charge in [-0.05, 0) is 19.1 Å². The summed E-state index contributed by atoms with van der Waals surface area (Å²) in [6.45, 7) is 5.03. The number of carbonyl (C=O) groups excluding carboxylic acids is 1. The zero-order chi connectivity index (χ0) is 22.7. The van der Waals surface area contributed by atoms with Crippen molar-refractivity contribution < 1.29 is 9.18 Å². The maximum absolute atomic E-state index is 14.4. The predicted molar refractivity (Wildman–Crippen MR) is 119 cm³/mol. The minimum Gasteiger partial charge on any atom is -0.378 e. The molecule has 1 fully saturated rings. The smallest absolute Gasteiger partial charge is 0.257 e. The van der Waals surface area contributed by atoms with Crippen molar-refractivity contribution in [3.8, 4) is 6.07 Å². The van der Waals surface area contributed by atoms with E-state index in [0.29, 0.717) is 11.3 Å². The molecule has 0 saturated carbocycles. The predicted octanol–water partition coefficient (Wildman–Crippen LogP) is 1.47. The number of nitrogens with zero attached hydrogens (tertiary/aromatic N) is 4. The van der Waals surface area contributed by atoms with Crippen molar-refractivity contribution in [2.75, 3.05) is 38.0 Å². The molecule has 2 aliphatic rings. The second-order valence-electron chi connectivity index (χ2n) is 7.49. The number of piperazine rings is 1. The van der Waals surface area contributed by atoms with Crippen LogP contribution < -0.4 is 16.0 Å². The van der Waals surface area contributed by atoms with Gasteiger partial charge in [0.25, 0.3) is 5.91 Å². The highest BCUT2D eigenvalue weighted by molar-refractivity contribution is 6.31. The number of fused-ring (bicyclic) bond motifs is 1. The molecule has 0 radical (unpaired) electrons. The van der Waals surface area contributed by atoms with Crippen molar-refractivity contribution in [2.45, 2.75) is 6.92 Å². The molecular weight excluding hydrogens is 411 g/mol. The van der Waals surface area contributed by atoms with Gasteiger partial charge in [0.2, 0.25) is 0 Å². The molecule has 0 atom stereocenters. The summed E-state index contributed by atoms with van der Waals surface area (Å²) in [4.78, 5) is 19.2. The van der Waals surface area contributed by atoms with E-state index in [2.05, 4.69) is 25.8 Å². The Labute approximate surface area is 184 Å². The molecule has 0 unspecified atom stereocenters. The summed E-state index contributed by atoms with van der Waals surface area (Å²) in [6.07, 6.45) is 8.25. The Morgan fingerprint density at radius 2 is 2.16 bits per heavy atom. The lowest BCUT2D eigenvalue weighted by atomic mass is 9.93. The number of nitriles is 1. The first-order chi connectivity index (χ1) is 15.5. The molecule has 1 amide bonds. The van der Waals surface area contributed by atoms with E-state index >= 15 is 0 Å². The Bertz CT molecular complexity index is 1210. The number of pyridine rings is 1. The zero-order valence-electron chi connectivity index (χ0n) is 17.6. The van der Waals surface area contributed by atoms with E-state index in [4.69, 9.17) is 10.7 Å². The monoisotopic (exact) mass is 434 g/mol. The fourth-order valence-electron chi connectivity index (χ4n) is 3.77. The molecule has 0 bridgehead atoms. The number of allylic oxidation sites excluding steroid dienone is 3. The number of nitrogens with one attached hydrogen (secondary N) is 4. The summed E-state index contributed by atoms with van der Waals surface area (Å²) in [6, 6.07) is 3.21. The minimum atomic E-state index is -0.550. The van der Waals surface area contributed by atoms with Crippen molar-refractivity contribution in [3.05, 3.63) is 65.2 Å². The number of carbonyl (C=O) groups is 1. The Balaban J connectivity index is 1.61. The van der Waals surface area contributed by atoms with E-state index in [1.807, 2.05) is 6.07 Å². The summed E-state index contributed by atoms with van der Waals surface area (Å²) in [5.41, 5.74) is 2.63. The van der Waals surface area contributed by atoms with Crippen LogP contribution in [-0.2, 0) is 4.79 Å². The van der Waals surface area contributed by atoms with Crippen LogP contribution in [0.5, 0.6) is 0 Å². The van der Waals surface area contributed by atoms with Crippen LogP contribution in [-0.4, -0.2) is 58.6 Å². The van der Waals surface area contributed by atoms with Gasteiger partial charge >= 0.3 is 0 Å². The summed E-state index contributed by atoms with van der Waals surface area (Å²) in [7, 11) is 0. The van der Waals surface area contributed by atoms with Crippen LogP contribution in [0.15, 0.2) is 53.7 Å². The second-order valence-corrected chi connectivity index (χ2v) is 7.49. The van der Waals surface area contributed by atoms with Crippen LogP contribution in [0, 0.1) is 29.5 Å². The van der Waals surface area contributed by atoms with Gasteiger partial charge in [0.1, 0.15) is 6.54 Å². The molecule has 10 heteroatoms. The number of anilines is 1. The lowest BCUT2D eigenvalue weighted by Crippen LogP contribution is -2.44. The normalized spacial score (nSPS) is 17.7. The van der Waals surface area contributed by atoms with Crippen LogP contribution in [0.1, 0.15) is 5.69 Å². The van der Waals surface area contributed by atoms with Crippen molar-refractivity contribution in [2.24, 2.45) is 0 Å². The number of halogens is 1. The van der Waals surface area contributed by atoms with Crippen LogP contribution in [0.4, 0.5) is 10.1 Å². The minimum absolute atomic E-state index is 0.0315. The summed E-state index contributed by atoms with van der Waals surface area (Å²) in [5.74, 6) is -1.07. The summed E-state index contributed by atoms with van der Waals surface area (Å²) < 4.78 is 15.9. The first kappa shape index (κ1) is 21.3. The molecule has 164 valence electrons. The first-order valence-corrected chi connectivity index (χ1v) is 10.2. The molecule has 2 aromatic heterocycles. The molecule has 0 aromatic carbocycles. The Morgan fingerprint density at radius 1 is 1.38 bits per heavy atom. The van der Waals surface area contributed by atoms with Gasteiger partial charge in [0, 0.05) is 62.1 Å². The van der Waals surface area contributed by atoms with Crippen molar-refractivity contribution in [1.29, 1.82) is 10.7 Å². The van der Waals surface area contributed by atoms with Gasteiger partial charge in [0.05, 0.1) is 28.7 Å². The van der Waals surface area contributed by atoms with Crippen LogP contribution in [0.25, 0.3) is 5.65 Å². The SMILES string of the molecule is Cc1cn2cc(NC(=O)C3=CC=C(N4CCNCC4)/C(=C/NCC#N)C3=N)cc(F)c2n1. The van der Waals surface area contributed by atoms with Gasteiger partial charge < -0.3 is 25.3 Å². The molecule has 4 rings (SSSR count). The van der Waals surface area contributed by atoms with Crippen LogP contribution in [0.2, 0.25) is 0 Å². The molecule has 1 aliphatic heterocycles. The van der Waals surface area contributed by atoms with E-state index in [-0.39, 0.29) is 29.2 Å². The summed E-state index contributed by atoms with van der Waals surface area (Å²) in [5, 5.41) is 26.3. The third kappa shape index (κ3) is 4.24. The first-order valence-electron chi connectivity index (χ1n) is 10.2. The molecule has 3 heterocycles. The standard InChI is InChI=1S/C22H23FN8O/c1-14-12-31-13-15(10-18(23)21(31)28-14)29-22(32)16-2-3-19(30-8-6-26-7-9-30)17(20(16)25)11-27-5-4-24/h2-3,10-13,25-27H,5-9H2,1H3,(H,29,32)/b17-11-,25-20?. The maximum atomic E-state index is 14.4. The third-order valence-electron chi connectivity index (χ3n) is 5.24. The number of aromatic nitrogens is 2. The quantitative estimate of drug-likeness (QED) is 0.418. The van der Waals surface area contributed by atoms with Gasteiger partial charge in [-0.15, -0.1) is 0 Å². The van der Waals surface area contributed by atoms with Gasteiger partial charge in [0.15, 0.2) is 11.5 Å². The highest BCUT2D eigenvalue weighted by Crippen LogP contribution is 2.26. The molecular formula is C22H23FN8O. The maximum Gasteiger partial charge on any atom is 0.257 e. The molecule has 9 nitrogen and oxygen atoms in total. The molecule has 1 saturated heterocycles. The van der Waals surface area contributed by atoms with Crippen molar-refractivity contribution in [3.63, 3.8) is 0 Å². The topological polar surface area (TPSA) is 121 Å². The molecule has 4 N–H and O–H groups in total. The number of rotatable bonds is 5. The molecule has 32 heavy (non-hydrogen) atoms. The van der Waals surface area contributed by atoms with E-state index in [9.17, 15) is 9.18 Å².